The highest BCUT2D eigenvalue weighted by Gasteiger charge is 2.54. The van der Waals surface area contributed by atoms with Crippen LogP contribution in [0.15, 0.2) is 30.3 Å². The molecule has 2 fully saturated rings. The molecule has 0 aliphatic carbocycles. The third kappa shape index (κ3) is 1.87. The van der Waals surface area contributed by atoms with Gasteiger partial charge >= 0.3 is 0 Å². The van der Waals surface area contributed by atoms with Gasteiger partial charge in [0.15, 0.2) is 12.1 Å². The minimum absolute atomic E-state index is 0.0181. The van der Waals surface area contributed by atoms with E-state index in [2.05, 4.69) is 0 Å². The van der Waals surface area contributed by atoms with Crippen LogP contribution in [-0.2, 0) is 25.6 Å². The average Bonchev–Trinajstić information content (AvgIpc) is 3.11. The van der Waals surface area contributed by atoms with Crippen LogP contribution in [-0.4, -0.2) is 30.9 Å². The molecule has 1 aromatic carbocycles. The third-order valence-corrected chi connectivity index (χ3v) is 2.76. The lowest BCUT2D eigenvalue weighted by molar-refractivity contribution is -0.172. The highest BCUT2D eigenvalue weighted by Crippen LogP contribution is 2.32. The van der Waals surface area contributed by atoms with E-state index >= 15 is 0 Å². The van der Waals surface area contributed by atoms with Crippen LogP contribution in [0, 0.1) is 0 Å². The molecule has 2 aliphatic heterocycles. The molecule has 0 bridgehead atoms. The summed E-state index contributed by atoms with van der Waals surface area (Å²) >= 11 is 0. The van der Waals surface area contributed by atoms with E-state index in [4.69, 9.17) is 14.2 Å². The summed E-state index contributed by atoms with van der Waals surface area (Å²) in [6, 6.07) is 9.85. The molecular formula is C12H12O4. The number of carbonyl (C=O) groups is 1. The molecule has 0 amide bonds. The van der Waals surface area contributed by atoms with Crippen molar-refractivity contribution < 1.29 is 19.0 Å². The van der Waals surface area contributed by atoms with Crippen molar-refractivity contribution in [2.75, 3.05) is 6.61 Å². The van der Waals surface area contributed by atoms with Crippen molar-refractivity contribution in [3.8, 4) is 0 Å². The SMILES string of the molecule is O=C1CO[C@@H](OCc2ccccc2)[C@@H]2O[C@H]12. The molecule has 0 spiro atoms. The second kappa shape index (κ2) is 3.97. The van der Waals surface area contributed by atoms with Gasteiger partial charge in [0.05, 0.1) is 6.61 Å². The number of Topliss-reactive ketones (excluding diaryl/α,β-unsaturated/α-hetero) is 1. The Labute approximate surface area is 93.1 Å². The first kappa shape index (κ1) is 9.96. The fraction of sp³-hybridized carbons (Fsp3) is 0.417. The number of hydrogen-bond donors (Lipinski definition) is 0. The Morgan fingerprint density at radius 3 is 2.94 bits per heavy atom. The monoisotopic (exact) mass is 220 g/mol. The molecule has 3 rings (SSSR count). The van der Waals surface area contributed by atoms with Gasteiger partial charge in [-0.2, -0.15) is 0 Å². The lowest BCUT2D eigenvalue weighted by atomic mass is 10.2. The Kier molecular flexibility index (Phi) is 2.47. The summed E-state index contributed by atoms with van der Waals surface area (Å²) in [6.45, 7) is 0.576. The molecular weight excluding hydrogens is 208 g/mol. The molecule has 4 nitrogen and oxygen atoms in total. The molecule has 2 heterocycles. The molecule has 0 radical (unpaired) electrons. The second-order valence-electron chi connectivity index (χ2n) is 3.96. The fourth-order valence-corrected chi connectivity index (χ4v) is 1.83. The second-order valence-corrected chi connectivity index (χ2v) is 3.96. The van der Waals surface area contributed by atoms with Gasteiger partial charge in [0.1, 0.15) is 18.8 Å². The van der Waals surface area contributed by atoms with Gasteiger partial charge < -0.3 is 14.2 Å². The Morgan fingerprint density at radius 1 is 1.31 bits per heavy atom. The smallest absolute Gasteiger partial charge is 0.190 e. The maximum absolute atomic E-state index is 11.1. The Bertz CT molecular complexity index is 389. The van der Waals surface area contributed by atoms with Crippen molar-refractivity contribution in [3.05, 3.63) is 35.9 Å². The normalized spacial score (nSPS) is 32.2. The Morgan fingerprint density at radius 2 is 2.12 bits per heavy atom. The summed E-state index contributed by atoms with van der Waals surface area (Å²) in [5.74, 6) is 0.0181. The van der Waals surface area contributed by atoms with Crippen molar-refractivity contribution in [2.24, 2.45) is 0 Å². The number of fused-ring (bicyclic) bond motifs is 1. The number of carbonyl (C=O) groups excluding carboxylic acids is 1. The zero-order valence-electron chi connectivity index (χ0n) is 8.67. The first-order chi connectivity index (χ1) is 7.84. The van der Waals surface area contributed by atoms with Crippen LogP contribution in [0.4, 0.5) is 0 Å². The molecule has 3 atom stereocenters. The standard InChI is InChI=1S/C12H12O4/c13-9-7-15-12(11-10(9)16-11)14-6-8-4-2-1-3-5-8/h1-5,10-12H,6-7H2/t10-,11-,12-/m1/s1. The molecule has 2 saturated heterocycles. The van der Waals surface area contributed by atoms with Crippen LogP contribution >= 0.6 is 0 Å². The largest absolute Gasteiger partial charge is 0.356 e. The van der Waals surface area contributed by atoms with E-state index in [1.807, 2.05) is 30.3 Å². The van der Waals surface area contributed by atoms with E-state index in [0.717, 1.165) is 5.56 Å². The maximum atomic E-state index is 11.1. The molecule has 2 aliphatic rings. The number of benzene rings is 1. The Hall–Kier alpha value is -1.23. The topological polar surface area (TPSA) is 48.1 Å². The van der Waals surface area contributed by atoms with E-state index in [-0.39, 0.29) is 24.6 Å². The summed E-state index contributed by atoms with van der Waals surface area (Å²) in [5, 5.41) is 0. The number of ether oxygens (including phenoxy) is 3. The summed E-state index contributed by atoms with van der Waals surface area (Å²) in [7, 11) is 0. The molecule has 0 N–H and O–H groups in total. The van der Waals surface area contributed by atoms with Crippen LogP contribution in [0.3, 0.4) is 0 Å². The van der Waals surface area contributed by atoms with Gasteiger partial charge in [0.25, 0.3) is 0 Å². The van der Waals surface area contributed by atoms with E-state index < -0.39 is 6.29 Å². The van der Waals surface area contributed by atoms with Crippen LogP contribution in [0.2, 0.25) is 0 Å². The Balaban J connectivity index is 1.55. The van der Waals surface area contributed by atoms with E-state index in [1.54, 1.807) is 0 Å². The minimum atomic E-state index is -0.400. The zero-order chi connectivity index (χ0) is 11.0. The molecule has 84 valence electrons. The number of hydrogen-bond acceptors (Lipinski definition) is 4. The average molecular weight is 220 g/mol. The number of epoxide rings is 1. The van der Waals surface area contributed by atoms with Gasteiger partial charge in [-0.3, -0.25) is 4.79 Å². The molecule has 0 aromatic heterocycles. The fourth-order valence-electron chi connectivity index (χ4n) is 1.83. The van der Waals surface area contributed by atoms with Gasteiger partial charge in [0.2, 0.25) is 0 Å². The zero-order valence-corrected chi connectivity index (χ0v) is 8.67. The first-order valence-electron chi connectivity index (χ1n) is 5.30. The van der Waals surface area contributed by atoms with Gasteiger partial charge in [-0.25, -0.2) is 0 Å². The summed E-state index contributed by atoms with van der Waals surface area (Å²) in [6.07, 6.45) is -0.873. The highest BCUT2D eigenvalue weighted by atomic mass is 16.7. The lowest BCUT2D eigenvalue weighted by Gasteiger charge is -2.19. The molecule has 0 saturated carbocycles. The van der Waals surface area contributed by atoms with Crippen LogP contribution in [0.1, 0.15) is 5.56 Å². The molecule has 1 aromatic rings. The molecule has 4 heteroatoms. The van der Waals surface area contributed by atoms with E-state index in [9.17, 15) is 4.79 Å². The first-order valence-corrected chi connectivity index (χ1v) is 5.30. The van der Waals surface area contributed by atoms with Crippen LogP contribution in [0.5, 0.6) is 0 Å². The lowest BCUT2D eigenvalue weighted by Crippen LogP contribution is -2.35. The van der Waals surface area contributed by atoms with Gasteiger partial charge in [0, 0.05) is 0 Å². The third-order valence-electron chi connectivity index (χ3n) is 2.76. The van der Waals surface area contributed by atoms with Gasteiger partial charge in [-0.1, -0.05) is 30.3 Å². The molecule has 0 unspecified atom stereocenters. The predicted molar refractivity (Wildman–Crippen MR) is 54.6 cm³/mol. The van der Waals surface area contributed by atoms with Crippen molar-refractivity contribution in [1.29, 1.82) is 0 Å². The van der Waals surface area contributed by atoms with Crippen molar-refractivity contribution >= 4 is 5.78 Å². The number of ketones is 1. The summed E-state index contributed by atoms with van der Waals surface area (Å²) in [5.41, 5.74) is 1.08. The van der Waals surface area contributed by atoms with Crippen LogP contribution in [0.25, 0.3) is 0 Å². The van der Waals surface area contributed by atoms with Gasteiger partial charge in [-0.15, -0.1) is 0 Å². The maximum Gasteiger partial charge on any atom is 0.190 e. The molecule has 16 heavy (non-hydrogen) atoms. The van der Waals surface area contributed by atoms with E-state index in [0.29, 0.717) is 6.61 Å². The number of rotatable bonds is 3. The predicted octanol–water partition coefficient (Wildman–Crippen LogP) is 0.896. The van der Waals surface area contributed by atoms with Crippen molar-refractivity contribution in [2.45, 2.75) is 25.1 Å². The van der Waals surface area contributed by atoms with Crippen molar-refractivity contribution in [3.63, 3.8) is 0 Å². The minimum Gasteiger partial charge on any atom is -0.356 e. The summed E-state index contributed by atoms with van der Waals surface area (Å²) < 4.78 is 16.0. The van der Waals surface area contributed by atoms with Gasteiger partial charge in [-0.05, 0) is 5.56 Å². The quantitative estimate of drug-likeness (QED) is 0.710. The highest BCUT2D eigenvalue weighted by molar-refractivity contribution is 5.87. The van der Waals surface area contributed by atoms with Crippen LogP contribution < -0.4 is 0 Å². The summed E-state index contributed by atoms with van der Waals surface area (Å²) in [4.78, 5) is 11.1. The van der Waals surface area contributed by atoms with E-state index in [1.165, 1.54) is 0 Å². The van der Waals surface area contributed by atoms with Crippen molar-refractivity contribution in [1.82, 2.24) is 0 Å².